The van der Waals surface area contributed by atoms with E-state index in [4.69, 9.17) is 9.47 Å². The van der Waals surface area contributed by atoms with Gasteiger partial charge in [-0.3, -0.25) is 4.39 Å². The van der Waals surface area contributed by atoms with Gasteiger partial charge in [0.15, 0.2) is 23.1 Å². The van der Waals surface area contributed by atoms with E-state index in [1.807, 2.05) is 0 Å². The van der Waals surface area contributed by atoms with Crippen LogP contribution in [0, 0.1) is 23.4 Å². The molecule has 1 saturated carbocycles. The van der Waals surface area contributed by atoms with Crippen LogP contribution < -0.4 is 9.47 Å². The fraction of sp³-hybridized carbons (Fsp3) is 0.500. The van der Waals surface area contributed by atoms with Crippen LogP contribution in [-0.4, -0.2) is 19.9 Å². The minimum Gasteiger partial charge on any atom is -0.491 e. The van der Waals surface area contributed by atoms with E-state index in [1.165, 1.54) is 12.1 Å². The van der Waals surface area contributed by atoms with Gasteiger partial charge in [-0.15, -0.1) is 0 Å². The van der Waals surface area contributed by atoms with Crippen LogP contribution in [0.3, 0.4) is 0 Å². The fourth-order valence-electron chi connectivity index (χ4n) is 4.47. The second-order valence-corrected chi connectivity index (χ2v) is 7.71. The molecule has 0 aliphatic heterocycles. The molecule has 0 spiro atoms. The lowest BCUT2D eigenvalue weighted by molar-refractivity contribution is 0.244. The zero-order chi connectivity index (χ0) is 21.7. The Bertz CT molecular complexity index is 847. The van der Waals surface area contributed by atoms with Crippen LogP contribution in [0.15, 0.2) is 30.3 Å². The number of rotatable bonds is 8. The summed E-state index contributed by atoms with van der Waals surface area (Å²) in [7, 11) is 0. The molecule has 164 valence electrons. The van der Waals surface area contributed by atoms with E-state index in [0.717, 1.165) is 0 Å². The molecular formula is C24H28F4O2. The first-order valence-electron chi connectivity index (χ1n) is 10.6. The van der Waals surface area contributed by atoms with E-state index in [-0.39, 0.29) is 29.9 Å². The van der Waals surface area contributed by atoms with Crippen LogP contribution in [0.5, 0.6) is 11.5 Å². The molecular weight excluding hydrogens is 396 g/mol. The third kappa shape index (κ3) is 4.73. The molecule has 2 aromatic rings. The van der Waals surface area contributed by atoms with Crippen LogP contribution in [0.2, 0.25) is 0 Å². The lowest BCUT2D eigenvalue weighted by Gasteiger charge is -2.33. The maximum Gasteiger partial charge on any atom is 0.200 e. The van der Waals surface area contributed by atoms with Gasteiger partial charge in [-0.05, 0) is 80.7 Å². The van der Waals surface area contributed by atoms with Crippen molar-refractivity contribution in [1.82, 2.24) is 0 Å². The molecule has 0 N–H and O–H groups in total. The molecule has 1 atom stereocenters. The molecule has 0 saturated heterocycles. The van der Waals surface area contributed by atoms with E-state index in [2.05, 4.69) is 0 Å². The molecule has 1 fully saturated rings. The molecule has 0 radical (unpaired) electrons. The standard InChI is InChI=1S/C24H28F4O2/c1-3-29-21-11-9-17(13-20(21)26)19(14-25)16-7-5-15(6-8-16)18-10-12-22(30-4-2)24(28)23(18)27/h9-13,15-16,19H,3-8,14H2,1-2H3. The van der Waals surface area contributed by atoms with Gasteiger partial charge in [-0.2, -0.15) is 4.39 Å². The number of benzene rings is 2. The predicted molar refractivity (Wildman–Crippen MR) is 109 cm³/mol. The highest BCUT2D eigenvalue weighted by Gasteiger charge is 2.31. The summed E-state index contributed by atoms with van der Waals surface area (Å²) in [6.45, 7) is 3.52. The van der Waals surface area contributed by atoms with Crippen molar-refractivity contribution < 1.29 is 27.0 Å². The Hall–Kier alpha value is -2.24. The second-order valence-electron chi connectivity index (χ2n) is 7.71. The van der Waals surface area contributed by atoms with Gasteiger partial charge in [0.05, 0.1) is 19.9 Å². The summed E-state index contributed by atoms with van der Waals surface area (Å²) in [4.78, 5) is 0. The summed E-state index contributed by atoms with van der Waals surface area (Å²) < 4.78 is 67.2. The van der Waals surface area contributed by atoms with Gasteiger partial charge >= 0.3 is 0 Å². The van der Waals surface area contributed by atoms with E-state index in [0.29, 0.717) is 43.4 Å². The zero-order valence-electron chi connectivity index (χ0n) is 17.4. The van der Waals surface area contributed by atoms with Crippen molar-refractivity contribution in [1.29, 1.82) is 0 Å². The Morgan fingerprint density at radius 1 is 0.867 bits per heavy atom. The van der Waals surface area contributed by atoms with Gasteiger partial charge in [0.1, 0.15) is 0 Å². The average Bonchev–Trinajstić information content (AvgIpc) is 2.75. The fourth-order valence-corrected chi connectivity index (χ4v) is 4.47. The highest BCUT2D eigenvalue weighted by Crippen LogP contribution is 2.44. The number of alkyl halides is 1. The average molecular weight is 424 g/mol. The van der Waals surface area contributed by atoms with Crippen molar-refractivity contribution in [2.75, 3.05) is 19.9 Å². The number of ether oxygens (including phenoxy) is 2. The summed E-state index contributed by atoms with van der Waals surface area (Å²) in [5, 5.41) is 0. The molecule has 0 bridgehead atoms. The van der Waals surface area contributed by atoms with Crippen molar-refractivity contribution in [3.63, 3.8) is 0 Å². The Morgan fingerprint density at radius 2 is 1.50 bits per heavy atom. The van der Waals surface area contributed by atoms with Crippen molar-refractivity contribution in [2.45, 2.75) is 51.4 Å². The Labute approximate surface area is 175 Å². The lowest BCUT2D eigenvalue weighted by Crippen LogP contribution is -2.22. The Balaban J connectivity index is 1.70. The van der Waals surface area contributed by atoms with Gasteiger partial charge in [-0.1, -0.05) is 12.1 Å². The molecule has 1 aliphatic rings. The lowest BCUT2D eigenvalue weighted by atomic mass is 9.72. The molecule has 2 nitrogen and oxygen atoms in total. The maximum absolute atomic E-state index is 14.5. The summed E-state index contributed by atoms with van der Waals surface area (Å²) in [5.41, 5.74) is 0.957. The van der Waals surface area contributed by atoms with E-state index in [9.17, 15) is 17.6 Å². The summed E-state index contributed by atoms with van der Waals surface area (Å²) in [6, 6.07) is 7.66. The van der Waals surface area contributed by atoms with Crippen molar-refractivity contribution in [3.8, 4) is 11.5 Å². The smallest absolute Gasteiger partial charge is 0.200 e. The topological polar surface area (TPSA) is 18.5 Å². The van der Waals surface area contributed by atoms with Crippen LogP contribution in [-0.2, 0) is 0 Å². The van der Waals surface area contributed by atoms with Gasteiger partial charge in [0.25, 0.3) is 0 Å². The highest BCUT2D eigenvalue weighted by molar-refractivity contribution is 5.34. The molecule has 2 aromatic carbocycles. The van der Waals surface area contributed by atoms with Gasteiger partial charge < -0.3 is 9.47 Å². The molecule has 1 unspecified atom stereocenters. The summed E-state index contributed by atoms with van der Waals surface area (Å²) in [5.74, 6) is -2.74. The van der Waals surface area contributed by atoms with E-state index in [1.54, 1.807) is 32.0 Å². The van der Waals surface area contributed by atoms with Crippen LogP contribution >= 0.6 is 0 Å². The summed E-state index contributed by atoms with van der Waals surface area (Å²) >= 11 is 0. The molecule has 0 amide bonds. The Kier molecular flexibility index (Phi) is 7.62. The molecule has 3 rings (SSSR count). The zero-order valence-corrected chi connectivity index (χ0v) is 17.4. The molecule has 0 aromatic heterocycles. The first-order valence-corrected chi connectivity index (χ1v) is 10.6. The number of halogens is 4. The van der Waals surface area contributed by atoms with E-state index < -0.39 is 30.0 Å². The van der Waals surface area contributed by atoms with E-state index >= 15 is 0 Å². The quantitative estimate of drug-likeness (QED) is 0.428. The largest absolute Gasteiger partial charge is 0.491 e. The second kappa shape index (κ2) is 10.2. The summed E-state index contributed by atoms with van der Waals surface area (Å²) in [6.07, 6.45) is 2.60. The minimum atomic E-state index is -0.956. The van der Waals surface area contributed by atoms with Gasteiger partial charge in [0, 0.05) is 5.92 Å². The van der Waals surface area contributed by atoms with Crippen molar-refractivity contribution in [2.24, 2.45) is 5.92 Å². The Morgan fingerprint density at radius 3 is 2.10 bits per heavy atom. The van der Waals surface area contributed by atoms with Gasteiger partial charge in [-0.25, -0.2) is 8.78 Å². The van der Waals surface area contributed by atoms with Crippen molar-refractivity contribution in [3.05, 3.63) is 58.9 Å². The van der Waals surface area contributed by atoms with Crippen LogP contribution in [0.25, 0.3) is 0 Å². The molecule has 30 heavy (non-hydrogen) atoms. The molecule has 6 heteroatoms. The molecule has 0 heterocycles. The normalized spacial score (nSPS) is 20.1. The third-order valence-corrected chi connectivity index (χ3v) is 6.01. The molecule has 1 aliphatic carbocycles. The van der Waals surface area contributed by atoms with Gasteiger partial charge in [0.2, 0.25) is 5.82 Å². The third-order valence-electron chi connectivity index (χ3n) is 6.01. The van der Waals surface area contributed by atoms with Crippen molar-refractivity contribution >= 4 is 0 Å². The number of hydrogen-bond acceptors (Lipinski definition) is 2. The minimum absolute atomic E-state index is 0.0270. The highest BCUT2D eigenvalue weighted by atomic mass is 19.2. The maximum atomic E-state index is 14.5. The van der Waals surface area contributed by atoms with Crippen LogP contribution in [0.1, 0.15) is 62.5 Å². The predicted octanol–water partition coefficient (Wildman–Crippen LogP) is 6.93. The monoisotopic (exact) mass is 424 g/mol. The first kappa shape index (κ1) is 22.4. The SMILES string of the molecule is CCOc1ccc(C(CF)C2CCC(c3ccc(OCC)c(F)c3F)CC2)cc1F. The number of hydrogen-bond donors (Lipinski definition) is 0. The first-order chi connectivity index (χ1) is 14.5. The van der Waals surface area contributed by atoms with Crippen LogP contribution in [0.4, 0.5) is 17.6 Å².